The second kappa shape index (κ2) is 6.02. The maximum atomic E-state index is 11.4. The molecular weight excluding hydrogens is 206 g/mol. The van der Waals surface area contributed by atoms with E-state index in [4.69, 9.17) is 4.74 Å². The molecule has 4 nitrogen and oxygen atoms in total. The highest BCUT2D eigenvalue weighted by molar-refractivity contribution is 5.97. The minimum Gasteiger partial charge on any atom is -0.384 e. The Morgan fingerprint density at radius 1 is 1.38 bits per heavy atom. The van der Waals surface area contributed by atoms with E-state index in [1.165, 1.54) is 6.92 Å². The number of rotatable bonds is 5. The number of amides is 1. The molecular formula is C12H15NO3. The molecule has 86 valence electrons. The van der Waals surface area contributed by atoms with Crippen molar-refractivity contribution in [2.45, 2.75) is 13.3 Å². The van der Waals surface area contributed by atoms with Crippen LogP contribution in [0.2, 0.25) is 0 Å². The minimum atomic E-state index is -0.123. The highest BCUT2D eigenvalue weighted by atomic mass is 16.5. The van der Waals surface area contributed by atoms with Crippen LogP contribution >= 0.6 is 0 Å². The second-order valence-corrected chi connectivity index (χ2v) is 3.43. The van der Waals surface area contributed by atoms with Crippen LogP contribution in [0, 0.1) is 0 Å². The third kappa shape index (κ3) is 3.82. The van der Waals surface area contributed by atoms with E-state index in [-0.39, 0.29) is 11.7 Å². The topological polar surface area (TPSA) is 55.4 Å². The molecule has 0 aliphatic heterocycles. The number of ether oxygens (including phenoxy) is 1. The summed E-state index contributed by atoms with van der Waals surface area (Å²) in [5, 5.41) is 2.70. The monoisotopic (exact) mass is 221 g/mol. The Bertz CT molecular complexity index is 388. The lowest BCUT2D eigenvalue weighted by atomic mass is 10.1. The Balaban J connectivity index is 2.63. The fourth-order valence-electron chi connectivity index (χ4n) is 1.23. The summed E-state index contributed by atoms with van der Waals surface area (Å²) in [7, 11) is 1.55. The van der Waals surface area contributed by atoms with Crippen molar-refractivity contribution in [2.75, 3.05) is 19.0 Å². The first-order valence-corrected chi connectivity index (χ1v) is 5.03. The van der Waals surface area contributed by atoms with E-state index in [9.17, 15) is 9.59 Å². The molecule has 1 aromatic carbocycles. The van der Waals surface area contributed by atoms with Gasteiger partial charge in [0.25, 0.3) is 0 Å². The Hall–Kier alpha value is -1.68. The number of carbonyl (C=O) groups excluding carboxylic acids is 2. The maximum Gasteiger partial charge on any atom is 0.226 e. The molecule has 0 bridgehead atoms. The quantitative estimate of drug-likeness (QED) is 0.772. The van der Waals surface area contributed by atoms with Gasteiger partial charge in [0.15, 0.2) is 5.78 Å². The number of benzene rings is 1. The Morgan fingerprint density at radius 3 is 2.75 bits per heavy atom. The lowest BCUT2D eigenvalue weighted by Crippen LogP contribution is -2.13. The van der Waals surface area contributed by atoms with Crippen molar-refractivity contribution in [1.29, 1.82) is 0 Å². The number of carbonyl (C=O) groups is 2. The van der Waals surface area contributed by atoms with Gasteiger partial charge in [-0.1, -0.05) is 12.1 Å². The molecule has 0 saturated heterocycles. The molecule has 0 radical (unpaired) electrons. The van der Waals surface area contributed by atoms with Gasteiger partial charge >= 0.3 is 0 Å². The number of hydrogen-bond acceptors (Lipinski definition) is 3. The van der Waals surface area contributed by atoms with Crippen LogP contribution in [0.5, 0.6) is 0 Å². The van der Waals surface area contributed by atoms with E-state index in [0.29, 0.717) is 24.3 Å². The highest BCUT2D eigenvalue weighted by Gasteiger charge is 2.04. The predicted octanol–water partition coefficient (Wildman–Crippen LogP) is 1.86. The third-order valence-electron chi connectivity index (χ3n) is 2.09. The van der Waals surface area contributed by atoms with Crippen LogP contribution in [0.15, 0.2) is 24.3 Å². The Labute approximate surface area is 94.6 Å². The molecule has 0 atom stereocenters. The van der Waals surface area contributed by atoms with Crippen LogP contribution in [-0.2, 0) is 9.53 Å². The normalized spacial score (nSPS) is 9.88. The van der Waals surface area contributed by atoms with Crippen LogP contribution in [0.1, 0.15) is 23.7 Å². The Kier molecular flexibility index (Phi) is 4.66. The lowest BCUT2D eigenvalue weighted by molar-refractivity contribution is -0.117. The van der Waals surface area contributed by atoms with Gasteiger partial charge in [0.2, 0.25) is 5.91 Å². The zero-order valence-corrected chi connectivity index (χ0v) is 9.45. The molecule has 1 rings (SSSR count). The van der Waals surface area contributed by atoms with Crippen molar-refractivity contribution in [1.82, 2.24) is 0 Å². The number of ketones is 1. The summed E-state index contributed by atoms with van der Waals surface area (Å²) >= 11 is 0. The molecule has 1 amide bonds. The first-order chi connectivity index (χ1) is 7.63. The van der Waals surface area contributed by atoms with Gasteiger partial charge in [-0.3, -0.25) is 9.59 Å². The summed E-state index contributed by atoms with van der Waals surface area (Å²) < 4.78 is 4.80. The molecule has 0 heterocycles. The van der Waals surface area contributed by atoms with Crippen molar-refractivity contribution in [3.05, 3.63) is 29.8 Å². The number of hydrogen-bond donors (Lipinski definition) is 1. The summed E-state index contributed by atoms with van der Waals surface area (Å²) in [5.41, 5.74) is 1.22. The summed E-state index contributed by atoms with van der Waals surface area (Å²) in [5.74, 6) is -0.143. The average Bonchev–Trinajstić information content (AvgIpc) is 2.26. The molecule has 4 heteroatoms. The number of Topliss-reactive ketones (excluding diaryl/α,β-unsaturated/α-hetero) is 1. The van der Waals surface area contributed by atoms with Gasteiger partial charge in [0.05, 0.1) is 13.0 Å². The van der Waals surface area contributed by atoms with E-state index < -0.39 is 0 Å². The summed E-state index contributed by atoms with van der Waals surface area (Å²) in [4.78, 5) is 22.5. The SMILES string of the molecule is COCCC(=O)Nc1cccc(C(C)=O)c1. The van der Waals surface area contributed by atoms with Crippen LogP contribution in [0.4, 0.5) is 5.69 Å². The van der Waals surface area contributed by atoms with Gasteiger partial charge in [-0.25, -0.2) is 0 Å². The van der Waals surface area contributed by atoms with Gasteiger partial charge in [0.1, 0.15) is 0 Å². The van der Waals surface area contributed by atoms with E-state index in [1.807, 2.05) is 0 Å². The van der Waals surface area contributed by atoms with Crippen molar-refractivity contribution in [2.24, 2.45) is 0 Å². The van der Waals surface area contributed by atoms with Crippen molar-refractivity contribution in [3.63, 3.8) is 0 Å². The lowest BCUT2D eigenvalue weighted by Gasteiger charge is -2.05. The van der Waals surface area contributed by atoms with Gasteiger partial charge in [0, 0.05) is 18.4 Å². The first-order valence-electron chi connectivity index (χ1n) is 5.03. The van der Waals surface area contributed by atoms with E-state index >= 15 is 0 Å². The predicted molar refractivity (Wildman–Crippen MR) is 61.6 cm³/mol. The molecule has 1 aromatic rings. The van der Waals surface area contributed by atoms with Gasteiger partial charge in [-0.2, -0.15) is 0 Å². The molecule has 16 heavy (non-hydrogen) atoms. The first kappa shape index (κ1) is 12.4. The number of nitrogens with one attached hydrogen (secondary N) is 1. The largest absolute Gasteiger partial charge is 0.384 e. The zero-order valence-electron chi connectivity index (χ0n) is 9.45. The zero-order chi connectivity index (χ0) is 12.0. The van der Waals surface area contributed by atoms with Crippen LogP contribution < -0.4 is 5.32 Å². The molecule has 0 unspecified atom stereocenters. The van der Waals surface area contributed by atoms with E-state index in [0.717, 1.165) is 0 Å². The standard InChI is InChI=1S/C12H15NO3/c1-9(14)10-4-3-5-11(8-10)13-12(15)6-7-16-2/h3-5,8H,6-7H2,1-2H3,(H,13,15). The van der Waals surface area contributed by atoms with Crippen LogP contribution in [-0.4, -0.2) is 25.4 Å². The van der Waals surface area contributed by atoms with Crippen LogP contribution in [0.3, 0.4) is 0 Å². The highest BCUT2D eigenvalue weighted by Crippen LogP contribution is 2.11. The fraction of sp³-hybridized carbons (Fsp3) is 0.333. The van der Waals surface area contributed by atoms with E-state index in [2.05, 4.69) is 5.32 Å². The molecule has 0 saturated carbocycles. The molecule has 1 N–H and O–H groups in total. The van der Waals surface area contributed by atoms with Gasteiger partial charge < -0.3 is 10.1 Å². The summed E-state index contributed by atoms with van der Waals surface area (Å²) in [6, 6.07) is 6.86. The third-order valence-corrected chi connectivity index (χ3v) is 2.09. The summed E-state index contributed by atoms with van der Waals surface area (Å²) in [6.45, 7) is 1.88. The van der Waals surface area contributed by atoms with Crippen molar-refractivity contribution < 1.29 is 14.3 Å². The number of methoxy groups -OCH3 is 1. The fourth-order valence-corrected chi connectivity index (χ4v) is 1.23. The second-order valence-electron chi connectivity index (χ2n) is 3.43. The Morgan fingerprint density at radius 2 is 2.12 bits per heavy atom. The average molecular weight is 221 g/mol. The van der Waals surface area contributed by atoms with Gasteiger partial charge in [-0.05, 0) is 19.1 Å². The molecule has 0 aromatic heterocycles. The summed E-state index contributed by atoms with van der Waals surface area (Å²) in [6.07, 6.45) is 0.306. The van der Waals surface area contributed by atoms with Gasteiger partial charge in [-0.15, -0.1) is 0 Å². The van der Waals surface area contributed by atoms with Crippen molar-refractivity contribution >= 4 is 17.4 Å². The van der Waals surface area contributed by atoms with Crippen molar-refractivity contribution in [3.8, 4) is 0 Å². The molecule has 0 spiro atoms. The van der Waals surface area contributed by atoms with Crippen LogP contribution in [0.25, 0.3) is 0 Å². The molecule has 0 fully saturated rings. The molecule has 0 aliphatic rings. The number of anilines is 1. The smallest absolute Gasteiger partial charge is 0.226 e. The maximum absolute atomic E-state index is 11.4. The van der Waals surface area contributed by atoms with E-state index in [1.54, 1.807) is 31.4 Å². The minimum absolute atomic E-state index is 0.0204. The molecule has 0 aliphatic carbocycles.